The van der Waals surface area contributed by atoms with Gasteiger partial charge in [-0.1, -0.05) is 19.4 Å². The zero-order valence-electron chi connectivity index (χ0n) is 29.7. The molecule has 1 aromatic heterocycles. The minimum atomic E-state index is -5.91. The lowest BCUT2D eigenvalue weighted by molar-refractivity contribution is -0.400. The standard InChI is InChI=1S/C36H39F6N3O8/c1-7-9-22-16-23(34(35(37,38)39,36(40,41)42)51-20-49-6)10-14-28(22)53-24-11-13-26(29(17-24)50-8-2)27(46)19-45-31(47)33(5,44-32(45)48)30-15-12-25(18-43-30)52-21(3)4/h10-18,21H,7-9,19-20H2,1-6H3,(H,44,48). The predicted molar refractivity (Wildman–Crippen MR) is 177 cm³/mol. The molecule has 2 heterocycles. The zero-order chi connectivity index (χ0) is 39.4. The van der Waals surface area contributed by atoms with Crippen molar-refractivity contribution in [1.82, 2.24) is 15.2 Å². The van der Waals surface area contributed by atoms with E-state index in [0.29, 0.717) is 18.2 Å². The first kappa shape index (κ1) is 40.9. The largest absolute Gasteiger partial charge is 0.493 e. The average molecular weight is 756 g/mol. The van der Waals surface area contributed by atoms with Gasteiger partial charge >= 0.3 is 18.4 Å². The lowest BCUT2D eigenvalue weighted by Gasteiger charge is -2.37. The Hall–Kier alpha value is -4.90. The number of hydrogen-bond acceptors (Lipinski definition) is 9. The quantitative estimate of drug-likeness (QED) is 0.0681. The van der Waals surface area contributed by atoms with E-state index in [1.807, 2.05) is 13.8 Å². The van der Waals surface area contributed by atoms with Crippen molar-refractivity contribution >= 4 is 17.7 Å². The first-order valence-corrected chi connectivity index (χ1v) is 16.5. The van der Waals surface area contributed by atoms with Gasteiger partial charge in [-0.15, -0.1) is 0 Å². The highest BCUT2D eigenvalue weighted by atomic mass is 19.4. The molecule has 4 rings (SSSR count). The SMILES string of the molecule is CCCc1cc(C(OCOC)(C(F)(F)F)C(F)(F)F)ccc1Oc1ccc(C(=O)CN2C(=O)NC(C)(c3ccc(OC(C)C)cn3)C2=O)c(OCC)c1. The Labute approximate surface area is 301 Å². The summed E-state index contributed by atoms with van der Waals surface area (Å²) in [6.07, 6.45) is -10.2. The summed E-state index contributed by atoms with van der Waals surface area (Å²) in [5.74, 6) is -0.979. The van der Waals surface area contributed by atoms with Crippen LogP contribution in [0.2, 0.25) is 0 Å². The van der Waals surface area contributed by atoms with Crippen LogP contribution in [0.25, 0.3) is 0 Å². The van der Waals surface area contributed by atoms with Gasteiger partial charge in [0.2, 0.25) is 0 Å². The Balaban J connectivity index is 1.61. The summed E-state index contributed by atoms with van der Waals surface area (Å²) in [7, 11) is 0.896. The van der Waals surface area contributed by atoms with Crippen LogP contribution in [0.3, 0.4) is 0 Å². The number of alkyl halides is 6. The highest BCUT2D eigenvalue weighted by Crippen LogP contribution is 2.53. The van der Waals surface area contributed by atoms with E-state index < -0.39 is 60.1 Å². The lowest BCUT2D eigenvalue weighted by atomic mass is 9.89. The molecule has 1 fully saturated rings. The Morgan fingerprint density at radius 2 is 1.62 bits per heavy atom. The van der Waals surface area contributed by atoms with Crippen LogP contribution in [-0.4, -0.2) is 73.1 Å². The van der Waals surface area contributed by atoms with Crippen LogP contribution in [0, 0.1) is 0 Å². The number of carbonyl (C=O) groups excluding carboxylic acids is 3. The van der Waals surface area contributed by atoms with E-state index in [4.69, 9.17) is 14.2 Å². The molecular weight excluding hydrogens is 716 g/mol. The number of methoxy groups -OCH3 is 1. The van der Waals surface area contributed by atoms with Gasteiger partial charge in [-0.25, -0.2) is 4.79 Å². The molecule has 1 aliphatic rings. The van der Waals surface area contributed by atoms with E-state index in [0.717, 1.165) is 24.1 Å². The molecule has 1 unspecified atom stereocenters. The van der Waals surface area contributed by atoms with E-state index in [1.54, 1.807) is 19.9 Å². The number of hydrogen-bond donors (Lipinski definition) is 1. The molecule has 2 aromatic carbocycles. The predicted octanol–water partition coefficient (Wildman–Crippen LogP) is 7.60. The second kappa shape index (κ2) is 16.0. The van der Waals surface area contributed by atoms with Crippen LogP contribution in [0.4, 0.5) is 31.1 Å². The summed E-state index contributed by atoms with van der Waals surface area (Å²) < 4.78 is 111. The minimum absolute atomic E-state index is 0.0120. The van der Waals surface area contributed by atoms with Gasteiger partial charge < -0.3 is 29.0 Å². The van der Waals surface area contributed by atoms with Crippen molar-refractivity contribution in [2.75, 3.05) is 27.1 Å². The molecule has 1 atom stereocenters. The van der Waals surface area contributed by atoms with Crippen LogP contribution in [0.5, 0.6) is 23.0 Å². The van der Waals surface area contributed by atoms with Gasteiger partial charge in [0, 0.05) is 18.7 Å². The first-order valence-electron chi connectivity index (χ1n) is 16.5. The Morgan fingerprint density at radius 3 is 2.19 bits per heavy atom. The van der Waals surface area contributed by atoms with E-state index in [-0.39, 0.29) is 53.2 Å². The number of nitrogens with zero attached hydrogens (tertiary/aromatic N) is 2. The second-order valence-corrected chi connectivity index (χ2v) is 12.4. The normalized spacial score (nSPS) is 16.6. The summed E-state index contributed by atoms with van der Waals surface area (Å²) in [6.45, 7) is 6.55. The minimum Gasteiger partial charge on any atom is -0.493 e. The van der Waals surface area contributed by atoms with E-state index >= 15 is 0 Å². The Kier molecular flexibility index (Phi) is 12.3. The molecule has 0 saturated carbocycles. The molecule has 1 N–H and O–H groups in total. The number of pyridine rings is 1. The molecule has 3 aromatic rings. The number of carbonyl (C=O) groups is 3. The van der Waals surface area contributed by atoms with E-state index in [1.165, 1.54) is 37.4 Å². The van der Waals surface area contributed by atoms with Gasteiger partial charge in [-0.05, 0) is 76.1 Å². The Bertz CT molecular complexity index is 1790. The number of aromatic nitrogens is 1. The molecule has 1 aliphatic heterocycles. The molecule has 0 spiro atoms. The number of halogens is 6. The molecule has 288 valence electrons. The number of amides is 3. The molecule has 0 aliphatic carbocycles. The smallest absolute Gasteiger partial charge is 0.430 e. The van der Waals surface area contributed by atoms with Crippen LogP contribution in [0.15, 0.2) is 54.7 Å². The molecule has 0 radical (unpaired) electrons. The fourth-order valence-corrected chi connectivity index (χ4v) is 5.70. The van der Waals surface area contributed by atoms with E-state index in [2.05, 4.69) is 19.8 Å². The number of aryl methyl sites for hydroxylation is 1. The van der Waals surface area contributed by atoms with Crippen LogP contribution in [0.1, 0.15) is 68.2 Å². The van der Waals surface area contributed by atoms with Gasteiger partial charge in [0.25, 0.3) is 11.5 Å². The summed E-state index contributed by atoms with van der Waals surface area (Å²) >= 11 is 0. The Morgan fingerprint density at radius 1 is 0.943 bits per heavy atom. The molecule has 3 amide bonds. The first-order chi connectivity index (χ1) is 24.8. The van der Waals surface area contributed by atoms with Crippen molar-refractivity contribution in [1.29, 1.82) is 0 Å². The van der Waals surface area contributed by atoms with Crippen LogP contribution >= 0.6 is 0 Å². The molecule has 17 heteroatoms. The maximum Gasteiger partial charge on any atom is 0.430 e. The summed E-state index contributed by atoms with van der Waals surface area (Å²) in [5.41, 5.74) is -7.27. The third-order valence-electron chi connectivity index (χ3n) is 8.16. The third-order valence-corrected chi connectivity index (χ3v) is 8.16. The van der Waals surface area contributed by atoms with Crippen LogP contribution < -0.4 is 19.5 Å². The van der Waals surface area contributed by atoms with Crippen LogP contribution in [-0.2, 0) is 31.8 Å². The van der Waals surface area contributed by atoms with Crippen molar-refractivity contribution in [3.8, 4) is 23.0 Å². The highest BCUT2D eigenvalue weighted by Gasteiger charge is 2.73. The molecule has 0 bridgehead atoms. The lowest BCUT2D eigenvalue weighted by Crippen LogP contribution is -2.56. The van der Waals surface area contributed by atoms with Gasteiger partial charge in [0.05, 0.1) is 36.7 Å². The third kappa shape index (κ3) is 8.35. The summed E-state index contributed by atoms with van der Waals surface area (Å²) in [5, 5.41) is 2.59. The van der Waals surface area contributed by atoms with Gasteiger partial charge in [0.1, 0.15) is 29.8 Å². The van der Waals surface area contributed by atoms with E-state index in [9.17, 15) is 40.7 Å². The van der Waals surface area contributed by atoms with Crippen molar-refractivity contribution in [3.63, 3.8) is 0 Å². The number of benzene rings is 2. The fourth-order valence-electron chi connectivity index (χ4n) is 5.70. The molecule has 53 heavy (non-hydrogen) atoms. The fraction of sp³-hybridized carbons (Fsp3) is 0.444. The van der Waals surface area contributed by atoms with Crippen molar-refractivity contribution in [3.05, 3.63) is 77.1 Å². The second-order valence-electron chi connectivity index (χ2n) is 12.4. The van der Waals surface area contributed by atoms with Crippen molar-refractivity contribution < 1.29 is 64.4 Å². The number of Topliss-reactive ketones (excluding diaryl/α,β-unsaturated/α-hetero) is 1. The van der Waals surface area contributed by atoms with Gasteiger partial charge in [0.15, 0.2) is 11.3 Å². The van der Waals surface area contributed by atoms with Crippen molar-refractivity contribution in [2.24, 2.45) is 0 Å². The maximum atomic E-state index is 14.2. The maximum absolute atomic E-state index is 14.2. The molecule has 1 saturated heterocycles. The summed E-state index contributed by atoms with van der Waals surface area (Å²) in [6, 6.07) is 8.56. The number of ether oxygens (including phenoxy) is 5. The number of rotatable bonds is 16. The topological polar surface area (TPSA) is 126 Å². The van der Waals surface area contributed by atoms with Gasteiger partial charge in [-0.2, -0.15) is 26.3 Å². The monoisotopic (exact) mass is 755 g/mol. The molecular formula is C36H39F6N3O8. The summed E-state index contributed by atoms with van der Waals surface area (Å²) in [4.78, 5) is 45.0. The number of imide groups is 1. The van der Waals surface area contributed by atoms with Crippen molar-refractivity contribution in [2.45, 2.75) is 77.1 Å². The van der Waals surface area contributed by atoms with Gasteiger partial charge in [-0.3, -0.25) is 19.5 Å². The number of nitrogens with one attached hydrogen (secondary N) is 1. The average Bonchev–Trinajstić information content (AvgIpc) is 3.28. The molecule has 11 nitrogen and oxygen atoms in total. The zero-order valence-corrected chi connectivity index (χ0v) is 29.7. The number of ketones is 1. The highest BCUT2D eigenvalue weighted by molar-refractivity contribution is 6.11. The number of urea groups is 1.